The minimum absolute atomic E-state index is 0.00333. The van der Waals surface area contributed by atoms with Gasteiger partial charge in [0, 0.05) is 23.7 Å². The smallest absolute Gasteiger partial charge is 0.258 e. The second kappa shape index (κ2) is 8.31. The lowest BCUT2D eigenvalue weighted by Gasteiger charge is -2.15. The zero-order chi connectivity index (χ0) is 22.0. The van der Waals surface area contributed by atoms with E-state index in [-0.39, 0.29) is 10.8 Å². The van der Waals surface area contributed by atoms with Crippen molar-refractivity contribution in [2.45, 2.75) is 11.0 Å². The Hall–Kier alpha value is -3.53. The van der Waals surface area contributed by atoms with E-state index in [1.807, 2.05) is 30.3 Å². The molecule has 1 aromatic heterocycles. The molecule has 1 atom stereocenters. The van der Waals surface area contributed by atoms with Crippen molar-refractivity contribution >= 4 is 32.5 Å². The average molecular weight is 436 g/mol. The van der Waals surface area contributed by atoms with Gasteiger partial charge in [-0.1, -0.05) is 42.5 Å². The van der Waals surface area contributed by atoms with Gasteiger partial charge in [0.15, 0.2) is 6.10 Å². The first-order chi connectivity index (χ1) is 14.9. The van der Waals surface area contributed by atoms with Crippen LogP contribution >= 0.6 is 0 Å². The number of ether oxygens (including phenoxy) is 1. The van der Waals surface area contributed by atoms with Crippen LogP contribution in [0.2, 0.25) is 0 Å². The zero-order valence-electron chi connectivity index (χ0n) is 16.6. The van der Waals surface area contributed by atoms with Gasteiger partial charge in [0.1, 0.15) is 5.69 Å². The number of aromatic amines is 1. The lowest BCUT2D eigenvalue weighted by atomic mass is 10.1. The van der Waals surface area contributed by atoms with Crippen molar-refractivity contribution in [1.29, 1.82) is 0 Å². The molecule has 9 heteroatoms. The minimum Gasteiger partial charge on any atom is -0.367 e. The highest BCUT2D eigenvalue weighted by atomic mass is 32.2. The van der Waals surface area contributed by atoms with E-state index in [0.29, 0.717) is 16.9 Å². The molecule has 0 aliphatic carbocycles. The number of nitrogens with one attached hydrogen (secondary N) is 2. The topological polar surface area (TPSA) is 127 Å². The molecular weight excluding hydrogens is 416 g/mol. The van der Waals surface area contributed by atoms with Crippen molar-refractivity contribution in [2.24, 2.45) is 5.14 Å². The van der Waals surface area contributed by atoms with Crippen LogP contribution in [-0.4, -0.2) is 31.6 Å². The predicted octanol–water partition coefficient (Wildman–Crippen LogP) is 3.20. The molecule has 0 saturated heterocycles. The van der Waals surface area contributed by atoms with Gasteiger partial charge in [-0.3, -0.25) is 9.89 Å². The summed E-state index contributed by atoms with van der Waals surface area (Å²) >= 11 is 0. The fourth-order valence-corrected chi connectivity index (χ4v) is 3.92. The predicted molar refractivity (Wildman–Crippen MR) is 118 cm³/mol. The highest BCUT2D eigenvalue weighted by Gasteiger charge is 2.20. The minimum atomic E-state index is -3.84. The molecule has 31 heavy (non-hydrogen) atoms. The summed E-state index contributed by atoms with van der Waals surface area (Å²) in [6.07, 6.45) is -0.757. The van der Waals surface area contributed by atoms with Gasteiger partial charge in [0.25, 0.3) is 5.91 Å². The number of H-pyrrole nitrogens is 1. The fourth-order valence-electron chi connectivity index (χ4n) is 3.36. The molecule has 4 N–H and O–H groups in total. The van der Waals surface area contributed by atoms with Crippen LogP contribution in [0.15, 0.2) is 77.7 Å². The number of carbonyl (C=O) groups excluding carboxylic acids is 1. The SMILES string of the molecule is CO[C@@H](C(=O)Nc1ccc2[nH]nc(-c3cccc(S(N)(=O)=O)c3)c2c1)c1ccccc1. The molecule has 4 aromatic rings. The third-order valence-corrected chi connectivity index (χ3v) is 5.75. The standard InChI is InChI=1S/C22H20N4O4S/c1-30-21(14-6-3-2-4-7-14)22(27)24-16-10-11-19-18(13-16)20(26-25-19)15-8-5-9-17(12-15)31(23,28)29/h2-13,21H,1H3,(H,24,27)(H,25,26)(H2,23,28,29)/t21-/m1/s1. The molecule has 0 fully saturated rings. The van der Waals surface area contributed by atoms with Crippen LogP contribution in [0.4, 0.5) is 5.69 Å². The number of carbonyl (C=O) groups is 1. The van der Waals surface area contributed by atoms with E-state index in [9.17, 15) is 13.2 Å². The second-order valence-electron chi connectivity index (χ2n) is 6.92. The zero-order valence-corrected chi connectivity index (χ0v) is 17.4. The van der Waals surface area contributed by atoms with Crippen molar-refractivity contribution in [3.63, 3.8) is 0 Å². The molecule has 0 aliphatic rings. The van der Waals surface area contributed by atoms with Gasteiger partial charge in [-0.15, -0.1) is 0 Å². The summed E-state index contributed by atoms with van der Waals surface area (Å²) in [5, 5.41) is 16.1. The average Bonchev–Trinajstić information content (AvgIpc) is 3.18. The Kier molecular flexibility index (Phi) is 5.55. The highest BCUT2D eigenvalue weighted by Crippen LogP contribution is 2.30. The Labute approximate surface area is 179 Å². The maximum absolute atomic E-state index is 12.8. The number of hydrogen-bond acceptors (Lipinski definition) is 5. The van der Waals surface area contributed by atoms with E-state index in [1.54, 1.807) is 30.3 Å². The Morgan fingerprint density at radius 2 is 1.84 bits per heavy atom. The molecule has 8 nitrogen and oxygen atoms in total. The van der Waals surface area contributed by atoms with E-state index in [0.717, 1.165) is 16.5 Å². The Morgan fingerprint density at radius 1 is 1.06 bits per heavy atom. The quantitative estimate of drug-likeness (QED) is 0.428. The fraction of sp³-hybridized carbons (Fsp3) is 0.0909. The van der Waals surface area contributed by atoms with Gasteiger partial charge in [-0.2, -0.15) is 5.10 Å². The van der Waals surface area contributed by atoms with Crippen LogP contribution < -0.4 is 10.5 Å². The Balaban J connectivity index is 1.67. The van der Waals surface area contributed by atoms with E-state index < -0.39 is 16.1 Å². The monoisotopic (exact) mass is 436 g/mol. The number of amides is 1. The van der Waals surface area contributed by atoms with Gasteiger partial charge in [-0.25, -0.2) is 13.6 Å². The Morgan fingerprint density at radius 3 is 2.55 bits per heavy atom. The largest absolute Gasteiger partial charge is 0.367 e. The first kappa shape index (κ1) is 20.7. The molecule has 0 aliphatic heterocycles. The molecular formula is C22H20N4O4S. The van der Waals surface area contributed by atoms with Gasteiger partial charge in [-0.05, 0) is 35.9 Å². The van der Waals surface area contributed by atoms with Crippen molar-refractivity contribution in [2.75, 3.05) is 12.4 Å². The number of anilines is 1. The number of hydrogen-bond donors (Lipinski definition) is 3. The number of benzene rings is 3. The van der Waals surface area contributed by atoms with Gasteiger partial charge >= 0.3 is 0 Å². The molecule has 0 radical (unpaired) electrons. The molecule has 0 unspecified atom stereocenters. The molecule has 0 saturated carbocycles. The number of nitrogens with two attached hydrogens (primary N) is 1. The van der Waals surface area contributed by atoms with Gasteiger partial charge in [0.05, 0.1) is 10.4 Å². The number of nitrogens with zero attached hydrogens (tertiary/aromatic N) is 1. The number of rotatable bonds is 6. The highest BCUT2D eigenvalue weighted by molar-refractivity contribution is 7.89. The van der Waals surface area contributed by atoms with E-state index >= 15 is 0 Å². The van der Waals surface area contributed by atoms with E-state index in [2.05, 4.69) is 15.5 Å². The third kappa shape index (κ3) is 4.33. The molecule has 3 aromatic carbocycles. The van der Waals surface area contributed by atoms with Crippen LogP contribution in [0.5, 0.6) is 0 Å². The summed E-state index contributed by atoms with van der Waals surface area (Å²) in [5.41, 5.74) is 3.16. The first-order valence-electron chi connectivity index (χ1n) is 9.37. The summed E-state index contributed by atoms with van der Waals surface area (Å²) in [6.45, 7) is 0. The lowest BCUT2D eigenvalue weighted by molar-refractivity contribution is -0.126. The van der Waals surface area contributed by atoms with Crippen LogP contribution in [0.3, 0.4) is 0 Å². The van der Waals surface area contributed by atoms with Crippen LogP contribution in [0.1, 0.15) is 11.7 Å². The van der Waals surface area contributed by atoms with Crippen molar-refractivity contribution in [3.05, 3.63) is 78.4 Å². The molecule has 0 spiro atoms. The summed E-state index contributed by atoms with van der Waals surface area (Å²) in [7, 11) is -2.36. The van der Waals surface area contributed by atoms with Gasteiger partial charge < -0.3 is 10.1 Å². The number of methoxy groups -OCH3 is 1. The lowest BCUT2D eigenvalue weighted by Crippen LogP contribution is -2.22. The van der Waals surface area contributed by atoms with Gasteiger partial charge in [0.2, 0.25) is 10.0 Å². The summed E-state index contributed by atoms with van der Waals surface area (Å²) in [4.78, 5) is 12.8. The summed E-state index contributed by atoms with van der Waals surface area (Å²) in [5.74, 6) is -0.311. The molecule has 158 valence electrons. The maximum atomic E-state index is 12.8. The molecule has 0 bridgehead atoms. The number of sulfonamides is 1. The molecule has 4 rings (SSSR count). The number of fused-ring (bicyclic) bond motifs is 1. The normalized spacial score (nSPS) is 12.6. The van der Waals surface area contributed by atoms with E-state index in [4.69, 9.17) is 9.88 Å². The van der Waals surface area contributed by atoms with Crippen LogP contribution in [0.25, 0.3) is 22.2 Å². The van der Waals surface area contributed by atoms with Crippen LogP contribution in [-0.2, 0) is 19.6 Å². The van der Waals surface area contributed by atoms with Crippen molar-refractivity contribution < 1.29 is 17.9 Å². The third-order valence-electron chi connectivity index (χ3n) is 4.84. The number of aromatic nitrogens is 2. The van der Waals surface area contributed by atoms with Crippen molar-refractivity contribution in [1.82, 2.24) is 10.2 Å². The maximum Gasteiger partial charge on any atom is 0.258 e. The van der Waals surface area contributed by atoms with E-state index in [1.165, 1.54) is 19.2 Å². The second-order valence-corrected chi connectivity index (χ2v) is 8.48. The van der Waals surface area contributed by atoms with Crippen molar-refractivity contribution in [3.8, 4) is 11.3 Å². The summed E-state index contributed by atoms with van der Waals surface area (Å²) < 4.78 is 28.8. The molecule has 1 amide bonds. The summed E-state index contributed by atoms with van der Waals surface area (Å²) in [6, 6.07) is 20.7. The Bertz CT molecular complexity index is 1350. The van der Waals surface area contributed by atoms with Crippen LogP contribution in [0, 0.1) is 0 Å². The number of primary sulfonamides is 1. The molecule has 1 heterocycles. The first-order valence-corrected chi connectivity index (χ1v) is 10.9.